The third-order valence-corrected chi connectivity index (χ3v) is 7.21. The Morgan fingerprint density at radius 1 is 1.16 bits per heavy atom. The number of carbonyl (C=O) groups is 2. The van der Waals surface area contributed by atoms with Crippen molar-refractivity contribution in [2.24, 2.45) is 11.8 Å². The van der Waals surface area contributed by atoms with Gasteiger partial charge in [0.05, 0.1) is 31.9 Å². The average molecular weight is 461 g/mol. The van der Waals surface area contributed by atoms with E-state index in [1.165, 1.54) is 0 Å². The highest BCUT2D eigenvalue weighted by molar-refractivity contribution is 7.80. The van der Waals surface area contributed by atoms with Crippen LogP contribution in [0.15, 0.2) is 24.3 Å². The predicted molar refractivity (Wildman–Crippen MR) is 126 cm³/mol. The van der Waals surface area contributed by atoms with Gasteiger partial charge in [-0.05, 0) is 43.6 Å². The molecule has 0 bridgehead atoms. The Bertz CT molecular complexity index is 858. The van der Waals surface area contributed by atoms with Crippen LogP contribution < -0.4 is 15.0 Å². The zero-order chi connectivity index (χ0) is 22.7. The fourth-order valence-corrected chi connectivity index (χ4v) is 5.43. The summed E-state index contributed by atoms with van der Waals surface area (Å²) in [6, 6.07) is 7.93. The summed E-state index contributed by atoms with van der Waals surface area (Å²) in [5.41, 5.74) is 1.07. The Balaban J connectivity index is 1.33. The summed E-state index contributed by atoms with van der Waals surface area (Å²) >= 11 is 5.42. The van der Waals surface area contributed by atoms with E-state index in [2.05, 4.69) is 16.3 Å². The molecule has 3 fully saturated rings. The molecule has 174 valence electrons. The zero-order valence-electron chi connectivity index (χ0n) is 18.8. The van der Waals surface area contributed by atoms with Crippen LogP contribution in [0.25, 0.3) is 0 Å². The van der Waals surface area contributed by atoms with Gasteiger partial charge in [0.15, 0.2) is 5.11 Å². The van der Waals surface area contributed by atoms with Gasteiger partial charge in [-0.25, -0.2) is 0 Å². The quantitative estimate of drug-likeness (QED) is 0.645. The molecule has 1 saturated carbocycles. The summed E-state index contributed by atoms with van der Waals surface area (Å²) < 4.78 is 10.6. The fourth-order valence-electron chi connectivity index (χ4n) is 5.10. The van der Waals surface area contributed by atoms with Crippen LogP contribution in [-0.2, 0) is 14.3 Å². The number of nitrogens with zero attached hydrogens (tertiary/aromatic N) is 3. The third-order valence-electron chi connectivity index (χ3n) is 6.87. The minimum atomic E-state index is -0.120. The van der Waals surface area contributed by atoms with E-state index in [-0.39, 0.29) is 29.7 Å². The first-order valence-electron chi connectivity index (χ1n) is 11.3. The van der Waals surface area contributed by atoms with Crippen molar-refractivity contribution < 1.29 is 19.1 Å². The number of hydrogen-bond donors (Lipinski definition) is 1. The van der Waals surface area contributed by atoms with Crippen molar-refractivity contribution in [3.63, 3.8) is 0 Å². The van der Waals surface area contributed by atoms with Gasteiger partial charge in [0.1, 0.15) is 5.75 Å². The summed E-state index contributed by atoms with van der Waals surface area (Å²) in [5, 5.41) is 3.78. The molecule has 3 aliphatic rings. The Labute approximate surface area is 194 Å². The maximum Gasteiger partial charge on any atom is 0.233 e. The number of anilines is 1. The molecule has 0 radical (unpaired) electrons. The summed E-state index contributed by atoms with van der Waals surface area (Å²) in [5.74, 6) is 0.930. The van der Waals surface area contributed by atoms with Crippen LogP contribution in [0.4, 0.5) is 5.69 Å². The maximum atomic E-state index is 13.3. The number of thiocarbonyl (C=S) groups is 1. The van der Waals surface area contributed by atoms with Gasteiger partial charge in [-0.2, -0.15) is 0 Å². The Hall–Kier alpha value is -2.39. The molecule has 0 spiro atoms. The Morgan fingerprint density at radius 3 is 2.62 bits per heavy atom. The lowest BCUT2D eigenvalue weighted by Crippen LogP contribution is -2.62. The number of ether oxygens (including phenoxy) is 2. The molecule has 0 aromatic heterocycles. The first-order valence-corrected chi connectivity index (χ1v) is 11.7. The van der Waals surface area contributed by atoms with Crippen molar-refractivity contribution in [1.82, 2.24) is 15.1 Å². The van der Waals surface area contributed by atoms with Crippen LogP contribution in [0.1, 0.15) is 19.3 Å². The van der Waals surface area contributed by atoms with Gasteiger partial charge in [-0.3, -0.25) is 14.5 Å². The van der Waals surface area contributed by atoms with E-state index in [9.17, 15) is 9.59 Å². The first-order chi connectivity index (χ1) is 15.5. The zero-order valence-corrected chi connectivity index (χ0v) is 19.6. The van der Waals surface area contributed by atoms with E-state index in [4.69, 9.17) is 21.7 Å². The van der Waals surface area contributed by atoms with Crippen molar-refractivity contribution in [3.05, 3.63) is 24.3 Å². The van der Waals surface area contributed by atoms with Crippen LogP contribution in [0.2, 0.25) is 0 Å². The lowest BCUT2D eigenvalue weighted by molar-refractivity contribution is -0.142. The lowest BCUT2D eigenvalue weighted by atomic mass is 9.76. The average Bonchev–Trinajstić information content (AvgIpc) is 2.83. The predicted octanol–water partition coefficient (Wildman–Crippen LogP) is 1.49. The number of piperazine rings is 1. The topological polar surface area (TPSA) is 74.4 Å². The summed E-state index contributed by atoms with van der Waals surface area (Å²) in [4.78, 5) is 32.0. The molecule has 2 saturated heterocycles. The number of carbonyl (C=O) groups excluding carboxylic acids is 2. The molecule has 1 N–H and O–H groups in total. The summed E-state index contributed by atoms with van der Waals surface area (Å²) in [7, 11) is 3.29. The SMILES string of the molecule is COCCN1C(=O)C2CCC(C(=O)N3CCN(c4ccccc4OC)CC3)CC2NC1=S. The van der Waals surface area contributed by atoms with Crippen molar-refractivity contribution in [3.8, 4) is 5.75 Å². The smallest absolute Gasteiger partial charge is 0.233 e. The minimum Gasteiger partial charge on any atom is -0.495 e. The van der Waals surface area contributed by atoms with Crippen molar-refractivity contribution in [2.45, 2.75) is 25.3 Å². The van der Waals surface area contributed by atoms with E-state index in [0.717, 1.165) is 30.9 Å². The molecule has 3 atom stereocenters. The number of fused-ring (bicyclic) bond motifs is 1. The largest absolute Gasteiger partial charge is 0.495 e. The van der Waals surface area contributed by atoms with Crippen molar-refractivity contribution in [2.75, 3.05) is 58.5 Å². The van der Waals surface area contributed by atoms with Crippen molar-refractivity contribution >= 4 is 34.8 Å². The van der Waals surface area contributed by atoms with Crippen LogP contribution in [0.3, 0.4) is 0 Å². The second-order valence-corrected chi connectivity index (χ2v) is 9.03. The normalized spacial score (nSPS) is 25.9. The molecule has 32 heavy (non-hydrogen) atoms. The van der Waals surface area contributed by atoms with Gasteiger partial charge < -0.3 is 24.6 Å². The third kappa shape index (κ3) is 4.54. The Morgan fingerprint density at radius 2 is 1.91 bits per heavy atom. The highest BCUT2D eigenvalue weighted by atomic mass is 32.1. The minimum absolute atomic E-state index is 0.0621. The number of rotatable bonds is 6. The molecular weight excluding hydrogens is 428 g/mol. The first kappa shape index (κ1) is 22.8. The van der Waals surface area contributed by atoms with Gasteiger partial charge in [0.25, 0.3) is 0 Å². The number of methoxy groups -OCH3 is 2. The maximum absolute atomic E-state index is 13.3. The van der Waals surface area contributed by atoms with E-state index in [1.807, 2.05) is 23.1 Å². The highest BCUT2D eigenvalue weighted by Gasteiger charge is 2.44. The van der Waals surface area contributed by atoms with Crippen molar-refractivity contribution in [1.29, 1.82) is 0 Å². The van der Waals surface area contributed by atoms with Crippen LogP contribution in [0, 0.1) is 11.8 Å². The molecule has 8 nitrogen and oxygen atoms in total. The standard InChI is InChI=1S/C23H32N4O4S/c1-30-14-13-27-22(29)17-8-7-16(15-18(17)24-23(27)32)21(28)26-11-9-25(10-12-26)19-5-3-4-6-20(19)31-2/h3-6,16-18H,7-15H2,1-2H3,(H,24,32). The molecule has 2 amide bonds. The molecule has 2 heterocycles. The number of hydrogen-bond acceptors (Lipinski definition) is 6. The van der Waals surface area contributed by atoms with Gasteiger partial charge >= 0.3 is 0 Å². The summed E-state index contributed by atoms with van der Waals surface area (Å²) in [6.07, 6.45) is 2.10. The number of amides is 2. The molecule has 1 aromatic carbocycles. The molecule has 3 unspecified atom stereocenters. The van der Waals surface area contributed by atoms with Crippen LogP contribution in [0.5, 0.6) is 5.75 Å². The van der Waals surface area contributed by atoms with Gasteiger partial charge in [-0.15, -0.1) is 0 Å². The second kappa shape index (κ2) is 10.0. The highest BCUT2D eigenvalue weighted by Crippen LogP contribution is 2.35. The monoisotopic (exact) mass is 460 g/mol. The molecule has 1 aromatic rings. The summed E-state index contributed by atoms with van der Waals surface area (Å²) in [6.45, 7) is 3.85. The second-order valence-electron chi connectivity index (χ2n) is 8.64. The van der Waals surface area contributed by atoms with Crippen LogP contribution >= 0.6 is 12.2 Å². The molecule has 9 heteroatoms. The molecule has 1 aliphatic carbocycles. The molecule has 2 aliphatic heterocycles. The fraction of sp³-hybridized carbons (Fsp3) is 0.609. The van der Waals surface area contributed by atoms with E-state index >= 15 is 0 Å². The molecule has 4 rings (SSSR count). The number of benzene rings is 1. The lowest BCUT2D eigenvalue weighted by Gasteiger charge is -2.45. The van der Waals surface area contributed by atoms with E-state index < -0.39 is 0 Å². The number of para-hydroxylation sites is 2. The van der Waals surface area contributed by atoms with Gasteiger partial charge in [-0.1, -0.05) is 12.1 Å². The van der Waals surface area contributed by atoms with Crippen LogP contribution in [-0.4, -0.2) is 86.3 Å². The number of nitrogens with one attached hydrogen (secondary N) is 1. The van der Waals surface area contributed by atoms with Gasteiger partial charge in [0, 0.05) is 45.2 Å². The van der Waals surface area contributed by atoms with E-state index in [1.54, 1.807) is 19.1 Å². The molecular formula is C23H32N4O4S. The van der Waals surface area contributed by atoms with E-state index in [0.29, 0.717) is 44.2 Å². The van der Waals surface area contributed by atoms with Gasteiger partial charge in [0.2, 0.25) is 11.8 Å². The Kier molecular flexibility index (Phi) is 7.15.